The predicted molar refractivity (Wildman–Crippen MR) is 88.9 cm³/mol. The smallest absolute Gasteiger partial charge is 0.245 e. The Morgan fingerprint density at radius 3 is 2.83 bits per heavy atom. The first-order valence-corrected chi connectivity index (χ1v) is 8.28. The van der Waals surface area contributed by atoms with Gasteiger partial charge >= 0.3 is 0 Å². The molecule has 2 N–H and O–H groups in total. The molecule has 0 saturated heterocycles. The van der Waals surface area contributed by atoms with Gasteiger partial charge in [-0.2, -0.15) is 4.98 Å². The van der Waals surface area contributed by atoms with Crippen molar-refractivity contribution >= 4 is 28.1 Å². The van der Waals surface area contributed by atoms with E-state index in [0.717, 1.165) is 18.4 Å². The van der Waals surface area contributed by atoms with Crippen molar-refractivity contribution in [3.63, 3.8) is 0 Å². The maximum Gasteiger partial charge on any atom is 0.245 e. The van der Waals surface area contributed by atoms with Crippen LogP contribution < -0.4 is 5.32 Å². The lowest BCUT2D eigenvalue weighted by molar-refractivity contribution is 0.100. The van der Waals surface area contributed by atoms with Gasteiger partial charge in [-0.1, -0.05) is 46.8 Å². The van der Waals surface area contributed by atoms with Crippen molar-refractivity contribution in [1.82, 2.24) is 10.1 Å². The molecule has 0 bridgehead atoms. The summed E-state index contributed by atoms with van der Waals surface area (Å²) in [6.07, 6.45) is 2.19. The quantitative estimate of drug-likeness (QED) is 0.515. The van der Waals surface area contributed by atoms with Crippen LogP contribution in [0.4, 0.5) is 10.9 Å². The van der Waals surface area contributed by atoms with E-state index >= 15 is 0 Å². The molecule has 0 aliphatic heterocycles. The fraction of sp³-hybridized carbons (Fsp3) is 0.188. The van der Waals surface area contributed by atoms with Gasteiger partial charge in [0.05, 0.1) is 0 Å². The zero-order valence-electron chi connectivity index (χ0n) is 12.5. The van der Waals surface area contributed by atoms with Crippen LogP contribution in [-0.2, 0) is 0 Å². The summed E-state index contributed by atoms with van der Waals surface area (Å²) in [4.78, 5) is 17.1. The summed E-state index contributed by atoms with van der Waals surface area (Å²) >= 11 is 1.19. The fourth-order valence-electron chi connectivity index (χ4n) is 2.24. The predicted octanol–water partition coefficient (Wildman–Crippen LogP) is 4.27. The van der Waals surface area contributed by atoms with Crippen LogP contribution in [0.3, 0.4) is 0 Å². The largest absolute Gasteiger partial charge is 0.359 e. The van der Waals surface area contributed by atoms with Crippen LogP contribution in [0.15, 0.2) is 46.0 Å². The van der Waals surface area contributed by atoms with E-state index in [1.54, 1.807) is 6.07 Å². The first kappa shape index (κ1) is 14.7. The van der Waals surface area contributed by atoms with Crippen LogP contribution in [0.2, 0.25) is 0 Å². The number of thiazole rings is 1. The van der Waals surface area contributed by atoms with E-state index < -0.39 is 0 Å². The third-order valence-electron chi connectivity index (χ3n) is 3.63. The van der Waals surface area contributed by atoms with Crippen LogP contribution in [0.1, 0.15) is 28.3 Å². The Hall–Kier alpha value is -2.87. The Morgan fingerprint density at radius 2 is 2.12 bits per heavy atom. The van der Waals surface area contributed by atoms with E-state index in [1.165, 1.54) is 11.3 Å². The second-order valence-corrected chi connectivity index (χ2v) is 6.47. The first-order valence-electron chi connectivity index (χ1n) is 7.46. The monoisotopic (exact) mass is 339 g/mol. The minimum atomic E-state index is -0.364. The average Bonchev–Trinajstić information content (AvgIpc) is 3.14. The van der Waals surface area contributed by atoms with Gasteiger partial charge in [-0.15, -0.1) is 5.11 Å². The van der Waals surface area contributed by atoms with Gasteiger partial charge in [-0.25, -0.2) is 5.53 Å². The van der Waals surface area contributed by atoms with Gasteiger partial charge in [-0.3, -0.25) is 4.79 Å². The van der Waals surface area contributed by atoms with Crippen LogP contribution in [0.25, 0.3) is 11.3 Å². The highest BCUT2D eigenvalue weighted by atomic mass is 32.1. The molecule has 1 fully saturated rings. The van der Waals surface area contributed by atoms with Gasteiger partial charge in [0, 0.05) is 17.7 Å². The van der Waals surface area contributed by atoms with Gasteiger partial charge in [0.1, 0.15) is 10.6 Å². The van der Waals surface area contributed by atoms with E-state index in [-0.39, 0.29) is 22.2 Å². The fourth-order valence-corrected chi connectivity index (χ4v) is 3.17. The topological polar surface area (TPSA) is 104 Å². The molecule has 0 amide bonds. The Kier molecular flexibility index (Phi) is 3.66. The molecule has 120 valence electrons. The maximum atomic E-state index is 12.7. The Morgan fingerprint density at radius 1 is 1.33 bits per heavy atom. The van der Waals surface area contributed by atoms with E-state index in [4.69, 9.17) is 10.1 Å². The highest BCUT2D eigenvalue weighted by Gasteiger charge is 2.27. The lowest BCUT2D eigenvalue weighted by Gasteiger charge is -1.95. The Labute approximate surface area is 141 Å². The summed E-state index contributed by atoms with van der Waals surface area (Å²) < 4.78 is 5.19. The molecule has 1 aromatic carbocycles. The SMILES string of the molecule is N=Nc1nc(NC2CC2)sc1C(=O)c1cc(-c2ccccc2)no1. The molecule has 3 aromatic rings. The van der Waals surface area contributed by atoms with Gasteiger partial charge in [0.2, 0.25) is 11.5 Å². The second kappa shape index (κ2) is 5.97. The Bertz CT molecular complexity index is 898. The van der Waals surface area contributed by atoms with E-state index in [0.29, 0.717) is 16.9 Å². The van der Waals surface area contributed by atoms with Gasteiger partial charge in [0.15, 0.2) is 10.9 Å². The standard InChI is InChI=1S/C16H13N5O2S/c17-20-15-14(24-16(19-15)18-10-6-7-10)13(22)12-8-11(21-23-12)9-4-2-1-3-5-9/h1-5,8,10,17H,6-7H2,(H,18,19). The van der Waals surface area contributed by atoms with E-state index in [2.05, 4.69) is 20.6 Å². The summed E-state index contributed by atoms with van der Waals surface area (Å²) in [5, 5.41) is 11.1. The van der Waals surface area contributed by atoms with Gasteiger partial charge in [-0.05, 0) is 12.8 Å². The number of aromatic nitrogens is 2. The number of carbonyl (C=O) groups is 1. The summed E-state index contributed by atoms with van der Waals surface area (Å²) in [5.74, 6) is -0.150. The van der Waals surface area contributed by atoms with Crippen LogP contribution in [-0.4, -0.2) is 22.0 Å². The minimum Gasteiger partial charge on any atom is -0.359 e. The number of benzene rings is 1. The van der Waals surface area contributed by atoms with Crippen LogP contribution in [0.5, 0.6) is 0 Å². The lowest BCUT2D eigenvalue weighted by Crippen LogP contribution is -1.99. The van der Waals surface area contributed by atoms with Gasteiger partial charge < -0.3 is 9.84 Å². The average molecular weight is 339 g/mol. The van der Waals surface area contributed by atoms with Crippen LogP contribution in [0, 0.1) is 5.53 Å². The summed E-state index contributed by atoms with van der Waals surface area (Å²) in [6, 6.07) is 11.5. The van der Waals surface area contributed by atoms with Crippen LogP contribution >= 0.6 is 11.3 Å². The molecule has 2 heterocycles. The Balaban J connectivity index is 1.62. The highest BCUT2D eigenvalue weighted by molar-refractivity contribution is 7.18. The number of nitrogens with one attached hydrogen (secondary N) is 2. The van der Waals surface area contributed by atoms with Crippen molar-refractivity contribution < 1.29 is 9.32 Å². The summed E-state index contributed by atoms with van der Waals surface area (Å²) in [6.45, 7) is 0. The zero-order chi connectivity index (χ0) is 16.5. The van der Waals surface area contributed by atoms with Crippen molar-refractivity contribution in [1.29, 1.82) is 5.53 Å². The molecular formula is C16H13N5O2S. The van der Waals surface area contributed by atoms with Crippen molar-refractivity contribution in [2.24, 2.45) is 5.11 Å². The highest BCUT2D eigenvalue weighted by Crippen LogP contribution is 2.34. The molecule has 1 saturated carbocycles. The first-order chi connectivity index (χ1) is 11.7. The van der Waals surface area contributed by atoms with E-state index in [9.17, 15) is 4.79 Å². The summed E-state index contributed by atoms with van der Waals surface area (Å²) in [7, 11) is 0. The normalized spacial score (nSPS) is 13.7. The number of hydrogen-bond acceptors (Lipinski definition) is 8. The number of nitrogens with zero attached hydrogens (tertiary/aromatic N) is 3. The molecule has 24 heavy (non-hydrogen) atoms. The van der Waals surface area contributed by atoms with Crippen molar-refractivity contribution in [2.45, 2.75) is 18.9 Å². The maximum absolute atomic E-state index is 12.7. The number of anilines is 1. The molecule has 2 aromatic heterocycles. The van der Waals surface area contributed by atoms with Crippen molar-refractivity contribution in [3.8, 4) is 11.3 Å². The molecule has 0 radical (unpaired) electrons. The number of ketones is 1. The minimum absolute atomic E-state index is 0.103. The number of rotatable bonds is 6. The molecule has 1 aliphatic rings. The molecule has 8 heteroatoms. The molecular weight excluding hydrogens is 326 g/mol. The number of hydrogen-bond donors (Lipinski definition) is 2. The van der Waals surface area contributed by atoms with Crippen molar-refractivity contribution in [3.05, 3.63) is 47.0 Å². The molecule has 7 nitrogen and oxygen atoms in total. The zero-order valence-corrected chi connectivity index (χ0v) is 13.3. The lowest BCUT2D eigenvalue weighted by atomic mass is 10.1. The summed E-state index contributed by atoms with van der Waals surface area (Å²) in [5.41, 5.74) is 8.69. The van der Waals surface area contributed by atoms with Crippen molar-refractivity contribution in [2.75, 3.05) is 5.32 Å². The second-order valence-electron chi connectivity index (χ2n) is 5.47. The molecule has 0 unspecified atom stereocenters. The molecule has 0 atom stereocenters. The van der Waals surface area contributed by atoms with E-state index in [1.807, 2.05) is 30.3 Å². The third kappa shape index (κ3) is 2.83. The van der Waals surface area contributed by atoms with Gasteiger partial charge in [0.25, 0.3) is 0 Å². The molecule has 4 rings (SSSR count). The third-order valence-corrected chi connectivity index (χ3v) is 4.60. The molecule has 0 spiro atoms. The molecule has 1 aliphatic carbocycles. The number of carbonyl (C=O) groups excluding carboxylic acids is 1.